The first-order valence-electron chi connectivity index (χ1n) is 7.57. The molecule has 1 N–H and O–H groups in total. The largest absolute Gasteiger partial charge is 0.387 e. The first-order valence-corrected chi connectivity index (χ1v) is 7.57. The lowest BCUT2D eigenvalue weighted by atomic mass is 10.0. The van der Waals surface area contributed by atoms with Crippen LogP contribution in [0.3, 0.4) is 0 Å². The van der Waals surface area contributed by atoms with E-state index in [1.807, 2.05) is 30.3 Å². The van der Waals surface area contributed by atoms with E-state index in [-0.39, 0.29) is 6.04 Å². The Morgan fingerprint density at radius 2 is 1.62 bits per heavy atom. The molecule has 2 aromatic carbocycles. The highest BCUT2D eigenvalue weighted by Crippen LogP contribution is 2.20. The number of hydrogen-bond donors (Lipinski definition) is 1. The summed E-state index contributed by atoms with van der Waals surface area (Å²) in [7, 11) is 2.08. The third-order valence-corrected chi connectivity index (χ3v) is 4.29. The molecule has 0 aliphatic heterocycles. The summed E-state index contributed by atoms with van der Waals surface area (Å²) in [4.78, 5) is 2.23. The third-order valence-electron chi connectivity index (χ3n) is 4.29. The second-order valence-corrected chi connectivity index (χ2v) is 5.75. The van der Waals surface area contributed by atoms with Gasteiger partial charge in [-0.1, -0.05) is 54.6 Å². The number of hydrogen-bond acceptors (Lipinski definition) is 2. The van der Waals surface area contributed by atoms with Crippen LogP contribution in [-0.4, -0.2) is 29.6 Å². The third kappa shape index (κ3) is 4.16. The van der Waals surface area contributed by atoms with E-state index in [0.29, 0.717) is 0 Å². The lowest BCUT2D eigenvalue weighted by Gasteiger charge is -2.29. The van der Waals surface area contributed by atoms with Crippen molar-refractivity contribution < 1.29 is 5.11 Å². The molecule has 0 aliphatic carbocycles. The van der Waals surface area contributed by atoms with Crippen LogP contribution in [-0.2, 0) is 6.42 Å². The molecule has 0 saturated heterocycles. The zero-order chi connectivity index (χ0) is 15.2. The van der Waals surface area contributed by atoms with Gasteiger partial charge in [0.25, 0.3) is 0 Å². The van der Waals surface area contributed by atoms with Crippen LogP contribution in [0.4, 0.5) is 0 Å². The Balaban J connectivity index is 1.94. The van der Waals surface area contributed by atoms with E-state index in [0.717, 1.165) is 18.5 Å². The van der Waals surface area contributed by atoms with Crippen LogP contribution in [0.2, 0.25) is 0 Å². The van der Waals surface area contributed by atoms with Gasteiger partial charge in [0.15, 0.2) is 0 Å². The van der Waals surface area contributed by atoms with Crippen molar-refractivity contribution in [3.63, 3.8) is 0 Å². The Morgan fingerprint density at radius 1 is 1.00 bits per heavy atom. The maximum atomic E-state index is 10.5. The highest BCUT2D eigenvalue weighted by atomic mass is 16.3. The predicted octanol–water partition coefficient (Wildman–Crippen LogP) is 3.59. The molecule has 0 aliphatic rings. The van der Waals surface area contributed by atoms with Gasteiger partial charge in [-0.3, -0.25) is 0 Å². The Morgan fingerprint density at radius 3 is 2.29 bits per heavy atom. The highest BCUT2D eigenvalue weighted by Gasteiger charge is 2.20. The summed E-state index contributed by atoms with van der Waals surface area (Å²) in [6.45, 7) is 5.17. The Labute approximate surface area is 128 Å². The molecule has 2 nitrogen and oxygen atoms in total. The SMILES string of the molecule is Cc1ccccc1CCN(C)C(C)C(O)c1ccccc1. The molecular formula is C19H25NO. The average Bonchev–Trinajstić information content (AvgIpc) is 2.53. The van der Waals surface area contributed by atoms with Gasteiger partial charge in [0.2, 0.25) is 0 Å². The number of aliphatic hydroxyl groups is 1. The number of aliphatic hydroxyl groups excluding tert-OH is 1. The number of likely N-dealkylation sites (N-methyl/N-ethyl adjacent to an activating group) is 1. The fourth-order valence-corrected chi connectivity index (χ4v) is 2.56. The molecule has 112 valence electrons. The molecule has 0 amide bonds. The Kier molecular flexibility index (Phi) is 5.54. The van der Waals surface area contributed by atoms with Crippen molar-refractivity contribution >= 4 is 0 Å². The fourth-order valence-electron chi connectivity index (χ4n) is 2.56. The average molecular weight is 283 g/mol. The fraction of sp³-hybridized carbons (Fsp3) is 0.368. The molecule has 0 radical (unpaired) electrons. The molecule has 0 bridgehead atoms. The van der Waals surface area contributed by atoms with E-state index in [1.54, 1.807) is 0 Å². The van der Waals surface area contributed by atoms with Crippen LogP contribution in [0.15, 0.2) is 54.6 Å². The van der Waals surface area contributed by atoms with Gasteiger partial charge in [0.05, 0.1) is 6.10 Å². The first kappa shape index (κ1) is 15.7. The molecule has 21 heavy (non-hydrogen) atoms. The summed E-state index contributed by atoms with van der Waals surface area (Å²) in [6.07, 6.45) is 0.558. The quantitative estimate of drug-likeness (QED) is 0.875. The lowest BCUT2D eigenvalue weighted by Crippen LogP contribution is -2.35. The van der Waals surface area contributed by atoms with Crippen LogP contribution in [0.1, 0.15) is 29.7 Å². The van der Waals surface area contributed by atoms with Crippen LogP contribution in [0.5, 0.6) is 0 Å². The Hall–Kier alpha value is -1.64. The smallest absolute Gasteiger partial charge is 0.0942 e. The second kappa shape index (κ2) is 7.39. The number of nitrogens with zero attached hydrogens (tertiary/aromatic N) is 1. The molecule has 2 aromatic rings. The monoisotopic (exact) mass is 283 g/mol. The van der Waals surface area contributed by atoms with Crippen LogP contribution in [0.25, 0.3) is 0 Å². The van der Waals surface area contributed by atoms with Gasteiger partial charge in [-0.2, -0.15) is 0 Å². The van der Waals surface area contributed by atoms with Gasteiger partial charge in [0, 0.05) is 12.6 Å². The van der Waals surface area contributed by atoms with Crippen molar-refractivity contribution in [3.05, 3.63) is 71.3 Å². The van der Waals surface area contributed by atoms with Gasteiger partial charge in [-0.05, 0) is 44.0 Å². The van der Waals surface area contributed by atoms with E-state index in [2.05, 4.69) is 50.1 Å². The molecule has 0 fully saturated rings. The topological polar surface area (TPSA) is 23.5 Å². The molecule has 2 unspecified atom stereocenters. The number of aryl methyl sites for hydroxylation is 1. The minimum absolute atomic E-state index is 0.0939. The van der Waals surface area contributed by atoms with Crippen molar-refractivity contribution in [2.75, 3.05) is 13.6 Å². The first-order chi connectivity index (χ1) is 10.1. The number of rotatable bonds is 6. The molecule has 0 spiro atoms. The van der Waals surface area contributed by atoms with Gasteiger partial charge < -0.3 is 10.0 Å². The summed E-state index contributed by atoms with van der Waals surface area (Å²) in [6, 6.07) is 18.5. The maximum Gasteiger partial charge on any atom is 0.0942 e. The summed E-state index contributed by atoms with van der Waals surface area (Å²) in [5.41, 5.74) is 3.70. The van der Waals surface area contributed by atoms with Crippen LogP contribution < -0.4 is 0 Å². The van der Waals surface area contributed by atoms with E-state index < -0.39 is 6.10 Å². The predicted molar refractivity (Wildman–Crippen MR) is 88.4 cm³/mol. The molecule has 0 aromatic heterocycles. The van der Waals surface area contributed by atoms with Gasteiger partial charge >= 0.3 is 0 Å². The highest BCUT2D eigenvalue weighted by molar-refractivity contribution is 5.25. The summed E-state index contributed by atoms with van der Waals surface area (Å²) in [5.74, 6) is 0. The van der Waals surface area contributed by atoms with Crippen molar-refractivity contribution in [2.45, 2.75) is 32.4 Å². The van der Waals surface area contributed by atoms with E-state index in [9.17, 15) is 5.11 Å². The molecule has 0 heterocycles. The van der Waals surface area contributed by atoms with E-state index >= 15 is 0 Å². The maximum absolute atomic E-state index is 10.5. The summed E-state index contributed by atoms with van der Waals surface area (Å²) < 4.78 is 0. The number of benzene rings is 2. The second-order valence-electron chi connectivity index (χ2n) is 5.75. The standard InChI is InChI=1S/C19H25NO/c1-15-9-7-8-10-17(15)13-14-20(3)16(2)19(21)18-11-5-4-6-12-18/h4-12,16,19,21H,13-14H2,1-3H3. The summed E-state index contributed by atoms with van der Waals surface area (Å²) >= 11 is 0. The lowest BCUT2D eigenvalue weighted by molar-refractivity contribution is 0.0732. The van der Waals surface area contributed by atoms with Crippen molar-refractivity contribution in [3.8, 4) is 0 Å². The molecule has 2 atom stereocenters. The van der Waals surface area contributed by atoms with Gasteiger partial charge in [-0.25, -0.2) is 0 Å². The van der Waals surface area contributed by atoms with Crippen LogP contribution >= 0.6 is 0 Å². The molecule has 2 heteroatoms. The zero-order valence-corrected chi connectivity index (χ0v) is 13.2. The molecule has 2 rings (SSSR count). The van der Waals surface area contributed by atoms with E-state index in [4.69, 9.17) is 0 Å². The molecular weight excluding hydrogens is 258 g/mol. The minimum Gasteiger partial charge on any atom is -0.387 e. The van der Waals surface area contributed by atoms with Crippen molar-refractivity contribution in [1.82, 2.24) is 4.90 Å². The molecule has 0 saturated carbocycles. The summed E-state index contributed by atoms with van der Waals surface area (Å²) in [5, 5.41) is 10.5. The normalized spacial score (nSPS) is 14.1. The van der Waals surface area contributed by atoms with Crippen molar-refractivity contribution in [1.29, 1.82) is 0 Å². The van der Waals surface area contributed by atoms with Crippen molar-refractivity contribution in [2.24, 2.45) is 0 Å². The zero-order valence-electron chi connectivity index (χ0n) is 13.2. The van der Waals surface area contributed by atoms with Crippen LogP contribution in [0, 0.1) is 6.92 Å². The van der Waals surface area contributed by atoms with E-state index in [1.165, 1.54) is 11.1 Å². The Bertz CT molecular complexity index is 553. The van der Waals surface area contributed by atoms with Gasteiger partial charge in [-0.15, -0.1) is 0 Å². The minimum atomic E-state index is -0.451. The van der Waals surface area contributed by atoms with Gasteiger partial charge in [0.1, 0.15) is 0 Å².